The van der Waals surface area contributed by atoms with Crippen LogP contribution in [0.25, 0.3) is 0 Å². The minimum Gasteiger partial charge on any atom is -0.352 e. The molecule has 0 heterocycles. The van der Waals surface area contributed by atoms with Gasteiger partial charge >= 0.3 is 0 Å². The van der Waals surface area contributed by atoms with Crippen LogP contribution in [0.5, 0.6) is 0 Å². The van der Waals surface area contributed by atoms with Crippen molar-refractivity contribution in [2.24, 2.45) is 0 Å². The van der Waals surface area contributed by atoms with Gasteiger partial charge in [-0.2, -0.15) is 0 Å². The van der Waals surface area contributed by atoms with Crippen LogP contribution in [0.4, 0.5) is 0 Å². The molecule has 0 radical (unpaired) electrons. The Morgan fingerprint density at radius 1 is 1.42 bits per heavy atom. The summed E-state index contributed by atoms with van der Waals surface area (Å²) >= 11 is 0. The largest absolute Gasteiger partial charge is 0.352 e. The van der Waals surface area contributed by atoms with Gasteiger partial charge in [-0.15, -0.1) is 0 Å². The van der Waals surface area contributed by atoms with Gasteiger partial charge < -0.3 is 5.32 Å². The van der Waals surface area contributed by atoms with Crippen LogP contribution in [0.1, 0.15) is 40.5 Å². The normalized spacial score (nSPS) is 8.00. The second-order valence-electron chi connectivity index (χ2n) is 2.39. The fourth-order valence-corrected chi connectivity index (χ4v) is 0.530. The average molecular weight is 171 g/mol. The molecule has 0 rings (SSSR count). The number of nitrogens with one attached hydrogen (secondary N) is 1. The zero-order valence-electron chi connectivity index (χ0n) is 8.74. The van der Waals surface area contributed by atoms with Gasteiger partial charge in [0.15, 0.2) is 0 Å². The minimum atomic E-state index is -0.0338. The third kappa shape index (κ3) is 9.21. The molecule has 0 spiro atoms. The van der Waals surface area contributed by atoms with Gasteiger partial charge in [0.25, 0.3) is 0 Å². The summed E-state index contributed by atoms with van der Waals surface area (Å²) in [4.78, 5) is 10.8. The van der Waals surface area contributed by atoms with Gasteiger partial charge in [0.1, 0.15) is 0 Å². The summed E-state index contributed by atoms with van der Waals surface area (Å²) in [5, 5.41) is 2.74. The van der Waals surface area contributed by atoms with Gasteiger partial charge in [-0.25, -0.2) is 0 Å². The van der Waals surface area contributed by atoms with Gasteiger partial charge in [-0.3, -0.25) is 4.79 Å². The second kappa shape index (κ2) is 10.2. The lowest BCUT2D eigenvalue weighted by molar-refractivity contribution is -0.117. The molecule has 0 fully saturated rings. The van der Waals surface area contributed by atoms with Crippen molar-refractivity contribution >= 4 is 5.91 Å². The molecule has 72 valence electrons. The number of carbonyl (C=O) groups is 1. The van der Waals surface area contributed by atoms with Crippen LogP contribution in [0.2, 0.25) is 0 Å². The Morgan fingerprint density at radius 3 is 2.25 bits per heavy atom. The molecular formula is C10H21NO. The molecule has 12 heavy (non-hydrogen) atoms. The van der Waals surface area contributed by atoms with Crippen molar-refractivity contribution < 1.29 is 4.79 Å². The molecule has 0 saturated heterocycles. The summed E-state index contributed by atoms with van der Waals surface area (Å²) in [6.45, 7) is 12.1. The first-order chi connectivity index (χ1) is 5.68. The summed E-state index contributed by atoms with van der Waals surface area (Å²) in [6.07, 6.45) is 2.15. The van der Waals surface area contributed by atoms with E-state index in [0.29, 0.717) is 5.57 Å². The van der Waals surface area contributed by atoms with Crippen LogP contribution in [0.3, 0.4) is 0 Å². The fourth-order valence-electron chi connectivity index (χ4n) is 0.530. The van der Waals surface area contributed by atoms with Crippen LogP contribution < -0.4 is 5.32 Å². The van der Waals surface area contributed by atoms with Crippen molar-refractivity contribution in [1.29, 1.82) is 0 Å². The van der Waals surface area contributed by atoms with E-state index in [1.54, 1.807) is 6.92 Å². The van der Waals surface area contributed by atoms with E-state index in [1.165, 1.54) is 0 Å². The van der Waals surface area contributed by atoms with Crippen molar-refractivity contribution in [1.82, 2.24) is 5.32 Å². The molecule has 0 unspecified atom stereocenters. The summed E-state index contributed by atoms with van der Waals surface area (Å²) < 4.78 is 0. The van der Waals surface area contributed by atoms with E-state index in [1.807, 2.05) is 13.8 Å². The van der Waals surface area contributed by atoms with E-state index in [-0.39, 0.29) is 5.91 Å². The summed E-state index contributed by atoms with van der Waals surface area (Å²) in [6, 6.07) is 0. The molecule has 0 aromatic carbocycles. The standard InChI is InChI=1S/C8H15NO.C2H6/c1-4-5-6-9-8(10)7(2)3;1-2/h2,4-6H2,1,3H3,(H,9,10);1-2H3. The maximum absolute atomic E-state index is 10.8. The molecule has 2 heteroatoms. The van der Waals surface area contributed by atoms with Gasteiger partial charge in [-0.05, 0) is 13.3 Å². The van der Waals surface area contributed by atoms with E-state index in [2.05, 4.69) is 18.8 Å². The Hall–Kier alpha value is -0.790. The Balaban J connectivity index is 0. The Labute approximate surface area is 76.1 Å². The minimum absolute atomic E-state index is 0.0338. The Kier molecular flexibility index (Phi) is 11.7. The molecule has 1 N–H and O–H groups in total. The smallest absolute Gasteiger partial charge is 0.246 e. The molecule has 0 saturated carbocycles. The maximum Gasteiger partial charge on any atom is 0.246 e. The molecule has 1 amide bonds. The highest BCUT2D eigenvalue weighted by Crippen LogP contribution is 1.87. The lowest BCUT2D eigenvalue weighted by Crippen LogP contribution is -2.24. The van der Waals surface area contributed by atoms with Crippen molar-refractivity contribution in [2.75, 3.05) is 6.54 Å². The number of hydrogen-bond donors (Lipinski definition) is 1. The van der Waals surface area contributed by atoms with Crippen LogP contribution in [-0.4, -0.2) is 12.5 Å². The quantitative estimate of drug-likeness (QED) is 0.511. The topological polar surface area (TPSA) is 29.1 Å². The summed E-state index contributed by atoms with van der Waals surface area (Å²) in [7, 11) is 0. The van der Waals surface area contributed by atoms with Crippen molar-refractivity contribution in [3.05, 3.63) is 12.2 Å². The molecule has 0 aliphatic rings. The average Bonchev–Trinajstić information content (AvgIpc) is 2.08. The lowest BCUT2D eigenvalue weighted by Gasteiger charge is -2.01. The van der Waals surface area contributed by atoms with E-state index in [0.717, 1.165) is 19.4 Å². The summed E-state index contributed by atoms with van der Waals surface area (Å²) in [5.74, 6) is -0.0338. The highest BCUT2D eigenvalue weighted by atomic mass is 16.1. The van der Waals surface area contributed by atoms with Gasteiger partial charge in [0.2, 0.25) is 5.91 Å². The SMILES string of the molecule is C=C(C)C(=O)NCCCC.CC. The second-order valence-corrected chi connectivity index (χ2v) is 2.39. The van der Waals surface area contributed by atoms with Crippen LogP contribution >= 0.6 is 0 Å². The zero-order chi connectivity index (χ0) is 9.98. The molecular weight excluding hydrogens is 150 g/mol. The van der Waals surface area contributed by atoms with E-state index in [4.69, 9.17) is 0 Å². The van der Waals surface area contributed by atoms with E-state index < -0.39 is 0 Å². The molecule has 0 atom stereocenters. The molecule has 0 aliphatic carbocycles. The Morgan fingerprint density at radius 2 is 1.92 bits per heavy atom. The summed E-state index contributed by atoms with van der Waals surface area (Å²) in [5.41, 5.74) is 0.580. The molecule has 0 aromatic rings. The predicted octanol–water partition coefficient (Wildman–Crippen LogP) is 2.51. The number of unbranched alkanes of at least 4 members (excludes halogenated alkanes) is 1. The molecule has 0 bridgehead atoms. The lowest BCUT2D eigenvalue weighted by atomic mass is 10.3. The predicted molar refractivity (Wildman–Crippen MR) is 54.1 cm³/mol. The third-order valence-electron chi connectivity index (χ3n) is 1.20. The highest BCUT2D eigenvalue weighted by Gasteiger charge is 1.97. The monoisotopic (exact) mass is 171 g/mol. The molecule has 0 aromatic heterocycles. The maximum atomic E-state index is 10.8. The van der Waals surface area contributed by atoms with Crippen LogP contribution in [0, 0.1) is 0 Å². The fraction of sp³-hybridized carbons (Fsp3) is 0.700. The van der Waals surface area contributed by atoms with Crippen molar-refractivity contribution in [2.45, 2.75) is 40.5 Å². The van der Waals surface area contributed by atoms with Gasteiger partial charge in [0.05, 0.1) is 0 Å². The third-order valence-corrected chi connectivity index (χ3v) is 1.20. The first-order valence-corrected chi connectivity index (χ1v) is 4.62. The first kappa shape index (κ1) is 13.8. The first-order valence-electron chi connectivity index (χ1n) is 4.62. The van der Waals surface area contributed by atoms with Crippen LogP contribution in [0.15, 0.2) is 12.2 Å². The number of hydrogen-bond acceptors (Lipinski definition) is 1. The van der Waals surface area contributed by atoms with Gasteiger partial charge in [-0.1, -0.05) is 33.8 Å². The van der Waals surface area contributed by atoms with E-state index >= 15 is 0 Å². The highest BCUT2D eigenvalue weighted by molar-refractivity contribution is 5.91. The van der Waals surface area contributed by atoms with Crippen molar-refractivity contribution in [3.63, 3.8) is 0 Å². The number of rotatable bonds is 4. The number of carbonyl (C=O) groups excluding carboxylic acids is 1. The molecule has 2 nitrogen and oxygen atoms in total. The van der Waals surface area contributed by atoms with Gasteiger partial charge in [0, 0.05) is 12.1 Å². The van der Waals surface area contributed by atoms with Crippen LogP contribution in [-0.2, 0) is 4.79 Å². The number of amides is 1. The van der Waals surface area contributed by atoms with E-state index in [9.17, 15) is 4.79 Å². The molecule has 0 aliphatic heterocycles. The zero-order valence-corrected chi connectivity index (χ0v) is 8.74. The Bertz CT molecular complexity index is 130. The van der Waals surface area contributed by atoms with Crippen molar-refractivity contribution in [3.8, 4) is 0 Å².